The Labute approximate surface area is 231 Å². The lowest BCUT2D eigenvalue weighted by molar-refractivity contribution is 0.0520. The molecule has 0 aliphatic carbocycles. The van der Waals surface area contributed by atoms with E-state index in [0.29, 0.717) is 31.0 Å². The van der Waals surface area contributed by atoms with Crippen molar-refractivity contribution in [1.29, 1.82) is 0 Å². The van der Waals surface area contributed by atoms with E-state index in [9.17, 15) is 9.59 Å². The van der Waals surface area contributed by atoms with E-state index in [1.54, 1.807) is 10.8 Å². The van der Waals surface area contributed by atoms with Gasteiger partial charge in [0.15, 0.2) is 0 Å². The van der Waals surface area contributed by atoms with Crippen LogP contribution in [0.2, 0.25) is 0 Å². The van der Waals surface area contributed by atoms with Crippen molar-refractivity contribution in [3.8, 4) is 0 Å². The van der Waals surface area contributed by atoms with E-state index < -0.39 is 23.4 Å². The van der Waals surface area contributed by atoms with Gasteiger partial charge in [0.1, 0.15) is 17.0 Å². The summed E-state index contributed by atoms with van der Waals surface area (Å²) in [5, 5.41) is 2.83. The van der Waals surface area contributed by atoms with Gasteiger partial charge in [-0.1, -0.05) is 18.2 Å². The first-order valence-corrected chi connectivity index (χ1v) is 13.6. The zero-order chi connectivity index (χ0) is 28.8. The molecular weight excluding hydrogens is 494 g/mol. The van der Waals surface area contributed by atoms with Crippen LogP contribution in [0.5, 0.6) is 0 Å². The molecule has 9 nitrogen and oxygen atoms in total. The minimum Gasteiger partial charge on any atom is -0.444 e. The number of aromatic nitrogens is 3. The summed E-state index contributed by atoms with van der Waals surface area (Å²) in [5.74, 6) is 0.609. The maximum Gasteiger partial charge on any atom is 0.420 e. The molecule has 0 saturated heterocycles. The molecule has 0 bridgehead atoms. The van der Waals surface area contributed by atoms with Crippen LogP contribution in [0.25, 0.3) is 11.0 Å². The van der Waals surface area contributed by atoms with Crippen LogP contribution in [0.15, 0.2) is 42.6 Å². The summed E-state index contributed by atoms with van der Waals surface area (Å²) in [6.45, 7) is 16.9. The zero-order valence-corrected chi connectivity index (χ0v) is 24.6. The number of hydrogen-bond donors (Lipinski definition) is 1. The molecule has 0 aliphatic heterocycles. The number of unbranched alkanes of at least 4 members (excludes halogenated alkanes) is 1. The summed E-state index contributed by atoms with van der Waals surface area (Å²) in [4.78, 5) is 37.1. The molecule has 1 atom stereocenters. The molecule has 1 N–H and O–H groups in total. The van der Waals surface area contributed by atoms with E-state index >= 15 is 0 Å². The lowest BCUT2D eigenvalue weighted by atomic mass is 10.1. The number of imidazole rings is 1. The van der Waals surface area contributed by atoms with Gasteiger partial charge in [-0.05, 0) is 98.5 Å². The predicted octanol–water partition coefficient (Wildman–Crippen LogP) is 6.39. The average molecular weight is 538 g/mol. The first-order chi connectivity index (χ1) is 18.2. The van der Waals surface area contributed by atoms with Crippen LogP contribution >= 0.6 is 0 Å². The van der Waals surface area contributed by atoms with Crippen LogP contribution in [0.3, 0.4) is 0 Å². The number of fused-ring (bicyclic) bond motifs is 1. The maximum atomic E-state index is 13.3. The van der Waals surface area contributed by atoms with Crippen molar-refractivity contribution in [2.45, 2.75) is 92.0 Å². The molecule has 9 heteroatoms. The van der Waals surface area contributed by atoms with Gasteiger partial charge in [-0.25, -0.2) is 19.1 Å². The van der Waals surface area contributed by atoms with Crippen molar-refractivity contribution in [3.05, 3.63) is 59.7 Å². The molecule has 0 radical (unpaired) electrons. The number of nitrogens with one attached hydrogen (secondary N) is 1. The molecule has 1 aromatic carbocycles. The summed E-state index contributed by atoms with van der Waals surface area (Å²) in [5.41, 5.74) is 2.35. The maximum absolute atomic E-state index is 13.3. The number of carbonyl (C=O) groups excluding carboxylic acids is 2. The largest absolute Gasteiger partial charge is 0.444 e. The Balaban J connectivity index is 1.83. The van der Waals surface area contributed by atoms with Crippen LogP contribution in [0.4, 0.5) is 9.59 Å². The molecule has 1 amide bonds. The summed E-state index contributed by atoms with van der Waals surface area (Å²) in [6, 6.07) is 11.5. The highest BCUT2D eigenvalue weighted by Crippen LogP contribution is 2.26. The fraction of sp³-hybridized carbons (Fsp3) is 0.533. The monoisotopic (exact) mass is 537 g/mol. The number of pyridine rings is 1. The van der Waals surface area contributed by atoms with Gasteiger partial charge in [-0.3, -0.25) is 9.88 Å². The van der Waals surface area contributed by atoms with Crippen molar-refractivity contribution in [2.24, 2.45) is 0 Å². The normalized spacial score (nSPS) is 12.9. The lowest BCUT2D eigenvalue weighted by Gasteiger charge is -2.29. The van der Waals surface area contributed by atoms with Gasteiger partial charge >= 0.3 is 12.2 Å². The summed E-state index contributed by atoms with van der Waals surface area (Å²) in [6.07, 6.45) is 2.53. The van der Waals surface area contributed by atoms with E-state index in [4.69, 9.17) is 14.5 Å². The summed E-state index contributed by atoms with van der Waals surface area (Å²) >= 11 is 0. The lowest BCUT2D eigenvalue weighted by Crippen LogP contribution is -2.34. The molecule has 1 unspecified atom stereocenters. The molecule has 212 valence electrons. The van der Waals surface area contributed by atoms with Gasteiger partial charge in [-0.2, -0.15) is 0 Å². The van der Waals surface area contributed by atoms with Gasteiger partial charge in [0.25, 0.3) is 0 Å². The third kappa shape index (κ3) is 8.78. The number of rotatable bonds is 9. The Bertz CT molecular complexity index is 1270. The predicted molar refractivity (Wildman–Crippen MR) is 153 cm³/mol. The smallest absolute Gasteiger partial charge is 0.420 e. The van der Waals surface area contributed by atoms with Gasteiger partial charge in [0.05, 0.1) is 23.3 Å². The second kappa shape index (κ2) is 12.6. The van der Waals surface area contributed by atoms with Gasteiger partial charge in [0, 0.05) is 18.8 Å². The average Bonchev–Trinajstić information content (AvgIpc) is 3.19. The van der Waals surface area contributed by atoms with Gasteiger partial charge < -0.3 is 14.8 Å². The number of carbonyl (C=O) groups is 2. The second-order valence-electron chi connectivity index (χ2n) is 11.8. The van der Waals surface area contributed by atoms with Crippen molar-refractivity contribution in [2.75, 3.05) is 13.1 Å². The van der Waals surface area contributed by atoms with Crippen LogP contribution in [0, 0.1) is 6.92 Å². The van der Waals surface area contributed by atoms with Crippen LogP contribution < -0.4 is 5.32 Å². The van der Waals surface area contributed by atoms with Crippen LogP contribution in [-0.4, -0.2) is 55.9 Å². The molecule has 0 spiro atoms. The Hall–Kier alpha value is -3.46. The van der Waals surface area contributed by atoms with E-state index in [1.807, 2.05) is 71.9 Å². The van der Waals surface area contributed by atoms with E-state index in [1.165, 1.54) is 0 Å². The zero-order valence-electron chi connectivity index (χ0n) is 24.6. The molecule has 3 rings (SSSR count). The highest BCUT2D eigenvalue weighted by atomic mass is 16.6. The number of amides is 1. The van der Waals surface area contributed by atoms with Crippen LogP contribution in [0.1, 0.15) is 84.4 Å². The Morgan fingerprint density at radius 3 is 2.36 bits per heavy atom. The van der Waals surface area contributed by atoms with E-state index in [2.05, 4.69) is 35.1 Å². The number of aryl methyl sites for hydroxylation is 1. The molecule has 39 heavy (non-hydrogen) atoms. The van der Waals surface area contributed by atoms with Crippen LogP contribution in [-0.2, 0) is 16.0 Å². The standard InChI is InChI=1S/C30H43N5O4/c1-21-14-13-18-31-26(21)22(2)34(19-12-11-17-32-27(36)38-29(3,4)5)20-25-33-23-15-9-10-16-24(23)35(25)28(37)39-30(6,7)8/h9-10,13-16,18,22H,11-12,17,19-20H2,1-8H3,(H,32,36). The third-order valence-electron chi connectivity index (χ3n) is 6.08. The van der Waals surface area contributed by atoms with Gasteiger partial charge in [0.2, 0.25) is 0 Å². The quantitative estimate of drug-likeness (QED) is 0.316. The molecule has 0 saturated carbocycles. The minimum absolute atomic E-state index is 0.0306. The second-order valence-corrected chi connectivity index (χ2v) is 11.8. The molecule has 2 heterocycles. The number of hydrogen-bond acceptors (Lipinski definition) is 7. The molecule has 3 aromatic rings. The SMILES string of the molecule is Cc1cccnc1C(C)N(CCCCNC(=O)OC(C)(C)C)Cc1nc2ccccc2n1C(=O)OC(C)(C)C. The van der Waals surface area contributed by atoms with Crippen molar-refractivity contribution < 1.29 is 19.1 Å². The van der Waals surface area contributed by atoms with Gasteiger partial charge in [-0.15, -0.1) is 0 Å². The molecule has 0 fully saturated rings. The number of para-hydroxylation sites is 2. The molecule has 0 aliphatic rings. The van der Waals surface area contributed by atoms with Crippen molar-refractivity contribution in [1.82, 2.24) is 24.8 Å². The Morgan fingerprint density at radius 1 is 1.00 bits per heavy atom. The summed E-state index contributed by atoms with van der Waals surface area (Å²) < 4.78 is 12.7. The fourth-order valence-electron chi connectivity index (χ4n) is 4.34. The van der Waals surface area contributed by atoms with Crippen molar-refractivity contribution in [3.63, 3.8) is 0 Å². The fourth-order valence-corrected chi connectivity index (χ4v) is 4.34. The highest BCUT2D eigenvalue weighted by molar-refractivity contribution is 5.87. The highest BCUT2D eigenvalue weighted by Gasteiger charge is 2.26. The topological polar surface area (TPSA) is 98.6 Å². The Morgan fingerprint density at radius 2 is 1.69 bits per heavy atom. The minimum atomic E-state index is -0.640. The third-order valence-corrected chi connectivity index (χ3v) is 6.08. The first-order valence-electron chi connectivity index (χ1n) is 13.6. The molecular formula is C30H43N5O4. The molecule has 2 aromatic heterocycles. The number of benzene rings is 1. The number of nitrogens with zero attached hydrogens (tertiary/aromatic N) is 4. The van der Waals surface area contributed by atoms with E-state index in [0.717, 1.165) is 29.6 Å². The number of ether oxygens (including phenoxy) is 2. The first kappa shape index (κ1) is 30.1. The Kier molecular flexibility index (Phi) is 9.72. The number of alkyl carbamates (subject to hydrolysis) is 1. The summed E-state index contributed by atoms with van der Waals surface area (Å²) in [7, 11) is 0. The van der Waals surface area contributed by atoms with Crippen molar-refractivity contribution >= 4 is 23.2 Å². The van der Waals surface area contributed by atoms with E-state index in [-0.39, 0.29) is 6.04 Å².